The van der Waals surface area contributed by atoms with Crippen molar-refractivity contribution in [2.45, 2.75) is 32.6 Å². The SMILES string of the molecule is CCCN1CCCCC1=O.Cl. The molecule has 1 fully saturated rings. The molecule has 1 aliphatic heterocycles. The summed E-state index contributed by atoms with van der Waals surface area (Å²) in [5.74, 6) is 0.355. The Balaban J connectivity index is 0.000001000. The third-order valence-electron chi connectivity index (χ3n) is 1.91. The van der Waals surface area contributed by atoms with Gasteiger partial charge in [0.1, 0.15) is 0 Å². The van der Waals surface area contributed by atoms with Gasteiger partial charge in [0.05, 0.1) is 0 Å². The van der Waals surface area contributed by atoms with Crippen LogP contribution in [0.15, 0.2) is 0 Å². The van der Waals surface area contributed by atoms with Crippen LogP contribution < -0.4 is 0 Å². The molecule has 0 unspecified atom stereocenters. The molecule has 0 saturated carbocycles. The van der Waals surface area contributed by atoms with Crippen LogP contribution in [0.25, 0.3) is 0 Å². The van der Waals surface area contributed by atoms with Gasteiger partial charge in [-0.05, 0) is 19.3 Å². The summed E-state index contributed by atoms with van der Waals surface area (Å²) in [5, 5.41) is 0. The van der Waals surface area contributed by atoms with Gasteiger partial charge >= 0.3 is 0 Å². The second-order valence-corrected chi connectivity index (χ2v) is 2.84. The third kappa shape index (κ3) is 3.10. The lowest BCUT2D eigenvalue weighted by Gasteiger charge is -2.25. The Kier molecular flexibility index (Phi) is 5.30. The van der Waals surface area contributed by atoms with E-state index in [2.05, 4.69) is 6.92 Å². The van der Waals surface area contributed by atoms with Gasteiger partial charge in [-0.3, -0.25) is 4.79 Å². The van der Waals surface area contributed by atoms with E-state index >= 15 is 0 Å². The largest absolute Gasteiger partial charge is 0.343 e. The van der Waals surface area contributed by atoms with E-state index < -0.39 is 0 Å². The summed E-state index contributed by atoms with van der Waals surface area (Å²) in [4.78, 5) is 13.1. The van der Waals surface area contributed by atoms with Crippen molar-refractivity contribution in [1.29, 1.82) is 0 Å². The second kappa shape index (κ2) is 5.42. The molecule has 0 radical (unpaired) electrons. The fourth-order valence-electron chi connectivity index (χ4n) is 1.37. The monoisotopic (exact) mass is 177 g/mol. The Hall–Kier alpha value is -0.240. The number of rotatable bonds is 2. The molecule has 0 aromatic carbocycles. The van der Waals surface area contributed by atoms with Crippen molar-refractivity contribution >= 4 is 18.3 Å². The summed E-state index contributed by atoms with van der Waals surface area (Å²) in [5.41, 5.74) is 0. The summed E-state index contributed by atoms with van der Waals surface area (Å²) in [6.45, 7) is 4.06. The summed E-state index contributed by atoms with van der Waals surface area (Å²) < 4.78 is 0. The lowest BCUT2D eigenvalue weighted by molar-refractivity contribution is -0.133. The van der Waals surface area contributed by atoms with Gasteiger partial charge in [0.2, 0.25) is 5.91 Å². The highest BCUT2D eigenvalue weighted by atomic mass is 35.5. The van der Waals surface area contributed by atoms with Gasteiger partial charge in [-0.2, -0.15) is 0 Å². The maximum Gasteiger partial charge on any atom is 0.222 e. The van der Waals surface area contributed by atoms with Gasteiger partial charge in [0.25, 0.3) is 0 Å². The highest BCUT2D eigenvalue weighted by Gasteiger charge is 2.15. The number of halogens is 1. The van der Waals surface area contributed by atoms with E-state index in [4.69, 9.17) is 0 Å². The molecule has 0 aromatic rings. The zero-order valence-corrected chi connectivity index (χ0v) is 7.82. The molecular weight excluding hydrogens is 162 g/mol. The minimum Gasteiger partial charge on any atom is -0.343 e. The molecule has 0 aliphatic carbocycles. The molecule has 1 amide bonds. The quantitative estimate of drug-likeness (QED) is 0.631. The van der Waals surface area contributed by atoms with Crippen molar-refractivity contribution in [3.05, 3.63) is 0 Å². The van der Waals surface area contributed by atoms with Gasteiger partial charge in [-0.15, -0.1) is 12.4 Å². The molecule has 0 N–H and O–H groups in total. The predicted octanol–water partition coefficient (Wildman–Crippen LogP) is 1.83. The van der Waals surface area contributed by atoms with Gasteiger partial charge in [0.15, 0.2) is 0 Å². The molecule has 1 heterocycles. The predicted molar refractivity (Wildman–Crippen MR) is 48.0 cm³/mol. The van der Waals surface area contributed by atoms with Crippen molar-refractivity contribution in [1.82, 2.24) is 4.90 Å². The summed E-state index contributed by atoms with van der Waals surface area (Å²) in [6.07, 6.45) is 4.16. The molecular formula is C8H16ClNO. The fraction of sp³-hybridized carbons (Fsp3) is 0.875. The summed E-state index contributed by atoms with van der Waals surface area (Å²) >= 11 is 0. The Morgan fingerprint density at radius 1 is 1.45 bits per heavy atom. The van der Waals surface area contributed by atoms with E-state index in [1.54, 1.807) is 0 Å². The average molecular weight is 178 g/mol. The normalized spacial score (nSPS) is 17.9. The molecule has 2 nitrogen and oxygen atoms in total. The second-order valence-electron chi connectivity index (χ2n) is 2.84. The topological polar surface area (TPSA) is 20.3 Å². The molecule has 0 aromatic heterocycles. The number of carbonyl (C=O) groups is 1. The molecule has 66 valence electrons. The fourth-order valence-corrected chi connectivity index (χ4v) is 1.37. The molecule has 1 aliphatic rings. The molecule has 1 rings (SSSR count). The van der Waals surface area contributed by atoms with Crippen molar-refractivity contribution in [2.75, 3.05) is 13.1 Å². The number of hydrogen-bond donors (Lipinski definition) is 0. The standard InChI is InChI=1S/C8H15NO.ClH/c1-2-6-9-7-4-3-5-8(9)10;/h2-7H2,1H3;1H. The van der Waals surface area contributed by atoms with Crippen molar-refractivity contribution in [3.8, 4) is 0 Å². The van der Waals surface area contributed by atoms with Crippen LogP contribution in [-0.2, 0) is 4.79 Å². The van der Waals surface area contributed by atoms with E-state index in [0.717, 1.165) is 32.4 Å². The van der Waals surface area contributed by atoms with Gasteiger partial charge in [-0.1, -0.05) is 6.92 Å². The first-order chi connectivity index (χ1) is 4.84. The number of hydrogen-bond acceptors (Lipinski definition) is 1. The van der Waals surface area contributed by atoms with Crippen LogP contribution in [0.3, 0.4) is 0 Å². The van der Waals surface area contributed by atoms with Crippen LogP contribution in [0, 0.1) is 0 Å². The first kappa shape index (κ1) is 10.8. The van der Waals surface area contributed by atoms with Crippen molar-refractivity contribution in [3.63, 3.8) is 0 Å². The van der Waals surface area contributed by atoms with Crippen LogP contribution >= 0.6 is 12.4 Å². The molecule has 0 atom stereocenters. The van der Waals surface area contributed by atoms with E-state index in [1.165, 1.54) is 6.42 Å². The lowest BCUT2D eigenvalue weighted by Crippen LogP contribution is -2.35. The summed E-state index contributed by atoms with van der Waals surface area (Å²) in [7, 11) is 0. The number of carbonyl (C=O) groups excluding carboxylic acids is 1. The molecule has 3 heteroatoms. The first-order valence-electron chi connectivity index (χ1n) is 4.12. The van der Waals surface area contributed by atoms with Crippen LogP contribution in [0.5, 0.6) is 0 Å². The summed E-state index contributed by atoms with van der Waals surface area (Å²) in [6, 6.07) is 0. The van der Waals surface area contributed by atoms with E-state index in [1.807, 2.05) is 4.90 Å². The van der Waals surface area contributed by atoms with E-state index in [0.29, 0.717) is 5.91 Å². The Labute approximate surface area is 74.4 Å². The highest BCUT2D eigenvalue weighted by Crippen LogP contribution is 2.09. The average Bonchev–Trinajstić information content (AvgIpc) is 1.94. The number of nitrogens with zero attached hydrogens (tertiary/aromatic N) is 1. The van der Waals surface area contributed by atoms with Crippen LogP contribution in [-0.4, -0.2) is 23.9 Å². The zero-order valence-electron chi connectivity index (χ0n) is 7.01. The zero-order chi connectivity index (χ0) is 7.40. The Morgan fingerprint density at radius 2 is 2.18 bits per heavy atom. The maximum atomic E-state index is 11.1. The minimum atomic E-state index is 0. The van der Waals surface area contributed by atoms with Gasteiger partial charge < -0.3 is 4.90 Å². The molecule has 0 spiro atoms. The van der Waals surface area contributed by atoms with E-state index in [9.17, 15) is 4.79 Å². The van der Waals surface area contributed by atoms with Gasteiger partial charge in [0, 0.05) is 19.5 Å². The highest BCUT2D eigenvalue weighted by molar-refractivity contribution is 5.85. The van der Waals surface area contributed by atoms with Gasteiger partial charge in [-0.25, -0.2) is 0 Å². The van der Waals surface area contributed by atoms with Crippen LogP contribution in [0.2, 0.25) is 0 Å². The number of amides is 1. The smallest absolute Gasteiger partial charge is 0.222 e. The number of likely N-dealkylation sites (tertiary alicyclic amines) is 1. The number of piperidine rings is 1. The Morgan fingerprint density at radius 3 is 2.73 bits per heavy atom. The third-order valence-corrected chi connectivity index (χ3v) is 1.91. The van der Waals surface area contributed by atoms with Crippen LogP contribution in [0.1, 0.15) is 32.6 Å². The first-order valence-corrected chi connectivity index (χ1v) is 4.12. The van der Waals surface area contributed by atoms with E-state index in [-0.39, 0.29) is 12.4 Å². The van der Waals surface area contributed by atoms with Crippen molar-refractivity contribution < 1.29 is 4.79 Å². The maximum absolute atomic E-state index is 11.1. The Bertz CT molecular complexity index is 125. The minimum absolute atomic E-state index is 0. The van der Waals surface area contributed by atoms with Crippen LogP contribution in [0.4, 0.5) is 0 Å². The molecule has 0 bridgehead atoms. The molecule has 11 heavy (non-hydrogen) atoms. The lowest BCUT2D eigenvalue weighted by atomic mass is 10.1. The van der Waals surface area contributed by atoms with Crippen molar-refractivity contribution in [2.24, 2.45) is 0 Å². The molecule has 1 saturated heterocycles.